The number of aromatic nitrogens is 2. The number of aromatic amines is 1. The van der Waals surface area contributed by atoms with Gasteiger partial charge in [0.1, 0.15) is 12.6 Å². The van der Waals surface area contributed by atoms with Crippen LogP contribution in [0, 0.1) is 5.92 Å². The molecule has 2 amide bonds. The van der Waals surface area contributed by atoms with Crippen LogP contribution in [0.5, 0.6) is 0 Å². The quantitative estimate of drug-likeness (QED) is 0.509. The number of H-pyrrole nitrogens is 1. The Labute approximate surface area is 178 Å². The molecule has 31 heavy (non-hydrogen) atoms. The van der Waals surface area contributed by atoms with E-state index in [1.807, 2.05) is 44.2 Å². The van der Waals surface area contributed by atoms with Gasteiger partial charge in [0.2, 0.25) is 5.91 Å². The Morgan fingerprint density at radius 1 is 1.16 bits per heavy atom. The average Bonchev–Trinajstić information content (AvgIpc) is 3.22. The lowest BCUT2D eigenvalue weighted by molar-refractivity contribution is -0.119. The second kappa shape index (κ2) is 10.2. The zero-order valence-electron chi connectivity index (χ0n) is 17.3. The van der Waals surface area contributed by atoms with E-state index >= 15 is 0 Å². The number of alkyl carbamates (subject to hydrolysis) is 1. The highest BCUT2D eigenvalue weighted by Gasteiger charge is 2.26. The molecule has 162 valence electrons. The van der Waals surface area contributed by atoms with Gasteiger partial charge in [-0.15, -0.1) is 0 Å². The van der Waals surface area contributed by atoms with Crippen LogP contribution in [0.3, 0.4) is 0 Å². The minimum Gasteiger partial charge on any atom is -0.445 e. The first-order chi connectivity index (χ1) is 15.0. The molecule has 0 bridgehead atoms. The molecule has 0 saturated carbocycles. The third-order valence-electron chi connectivity index (χ3n) is 4.83. The van der Waals surface area contributed by atoms with E-state index < -0.39 is 17.9 Å². The van der Waals surface area contributed by atoms with Crippen LogP contribution in [-0.4, -0.2) is 28.2 Å². The molecule has 1 aromatic heterocycles. The molecule has 3 rings (SSSR count). The zero-order valence-corrected chi connectivity index (χ0v) is 17.3. The topological polar surface area (TPSA) is 126 Å². The third kappa shape index (κ3) is 6.05. The Kier molecular flexibility index (Phi) is 7.21. The minimum atomic E-state index is -0.788. The summed E-state index contributed by atoms with van der Waals surface area (Å²) in [5.74, 6) is -0.919. The van der Waals surface area contributed by atoms with Crippen molar-refractivity contribution in [2.24, 2.45) is 5.92 Å². The fraction of sp³-hybridized carbons (Fsp3) is 0.273. The largest absolute Gasteiger partial charge is 0.445 e. The fourth-order valence-corrected chi connectivity index (χ4v) is 2.91. The van der Waals surface area contributed by atoms with Crippen LogP contribution < -0.4 is 16.4 Å². The molecule has 0 aliphatic heterocycles. The lowest BCUT2D eigenvalue weighted by atomic mass is 9.98. The van der Waals surface area contributed by atoms with Gasteiger partial charge in [-0.1, -0.05) is 67.9 Å². The molecule has 1 heterocycles. The molecule has 0 aliphatic rings. The number of nitrogens with zero attached hydrogens (tertiary/aromatic N) is 1. The Balaban J connectivity index is 1.65. The number of anilines is 1. The Bertz CT molecular complexity index is 1080. The molecule has 0 unspecified atom stereocenters. The van der Waals surface area contributed by atoms with Crippen molar-refractivity contribution >= 4 is 17.7 Å². The SMILES string of the molecule is CC[C@H](C)[C@H](NC(=O)OCc1ccccc1)C(=O)Nc1cccc(-c2noc(=O)[nH]2)c1. The van der Waals surface area contributed by atoms with E-state index in [1.54, 1.807) is 24.3 Å². The fourth-order valence-electron chi connectivity index (χ4n) is 2.91. The predicted molar refractivity (Wildman–Crippen MR) is 114 cm³/mol. The van der Waals surface area contributed by atoms with Gasteiger partial charge in [0, 0.05) is 11.3 Å². The van der Waals surface area contributed by atoms with Gasteiger partial charge in [-0.25, -0.2) is 9.59 Å². The summed E-state index contributed by atoms with van der Waals surface area (Å²) < 4.78 is 9.76. The van der Waals surface area contributed by atoms with Crippen LogP contribution in [0.15, 0.2) is 63.9 Å². The molecule has 9 heteroatoms. The number of amides is 2. The summed E-state index contributed by atoms with van der Waals surface area (Å²) in [6.45, 7) is 3.92. The van der Waals surface area contributed by atoms with Gasteiger partial charge < -0.3 is 15.4 Å². The monoisotopic (exact) mass is 424 g/mol. The predicted octanol–water partition coefficient (Wildman–Crippen LogP) is 3.31. The number of benzene rings is 2. The molecular weight excluding hydrogens is 400 g/mol. The zero-order chi connectivity index (χ0) is 22.2. The van der Waals surface area contributed by atoms with Gasteiger partial charge in [0.05, 0.1) is 0 Å². The van der Waals surface area contributed by atoms with Crippen molar-refractivity contribution < 1.29 is 18.8 Å². The highest BCUT2D eigenvalue weighted by Crippen LogP contribution is 2.19. The number of hydrogen-bond donors (Lipinski definition) is 3. The number of nitrogens with one attached hydrogen (secondary N) is 3. The van der Waals surface area contributed by atoms with Crippen molar-refractivity contribution in [3.63, 3.8) is 0 Å². The summed E-state index contributed by atoms with van der Waals surface area (Å²) in [6, 6.07) is 15.3. The van der Waals surface area contributed by atoms with Crippen LogP contribution in [0.1, 0.15) is 25.8 Å². The van der Waals surface area contributed by atoms with Crippen molar-refractivity contribution in [2.45, 2.75) is 32.9 Å². The van der Waals surface area contributed by atoms with Crippen LogP contribution in [0.4, 0.5) is 10.5 Å². The van der Waals surface area contributed by atoms with E-state index in [-0.39, 0.29) is 24.3 Å². The molecule has 3 N–H and O–H groups in total. The number of ether oxygens (including phenoxy) is 1. The highest BCUT2D eigenvalue weighted by atomic mass is 16.5. The van der Waals surface area contributed by atoms with Gasteiger partial charge in [-0.05, 0) is 23.6 Å². The summed E-state index contributed by atoms with van der Waals surface area (Å²) >= 11 is 0. The Hall–Kier alpha value is -3.88. The van der Waals surface area contributed by atoms with E-state index in [0.29, 0.717) is 17.7 Å². The maximum atomic E-state index is 12.9. The van der Waals surface area contributed by atoms with E-state index in [9.17, 15) is 14.4 Å². The summed E-state index contributed by atoms with van der Waals surface area (Å²) in [5.41, 5.74) is 1.91. The van der Waals surface area contributed by atoms with E-state index in [1.165, 1.54) is 0 Å². The molecular formula is C22H24N4O5. The first-order valence-electron chi connectivity index (χ1n) is 9.90. The maximum absolute atomic E-state index is 12.9. The first-order valence-corrected chi connectivity index (χ1v) is 9.90. The number of rotatable bonds is 8. The van der Waals surface area contributed by atoms with Gasteiger partial charge in [-0.3, -0.25) is 14.3 Å². The lowest BCUT2D eigenvalue weighted by Crippen LogP contribution is -2.47. The van der Waals surface area contributed by atoms with Crippen molar-refractivity contribution in [1.29, 1.82) is 0 Å². The minimum absolute atomic E-state index is 0.111. The number of carbonyl (C=O) groups excluding carboxylic acids is 2. The molecule has 0 saturated heterocycles. The molecule has 3 aromatic rings. The summed E-state index contributed by atoms with van der Waals surface area (Å²) in [4.78, 5) is 38.8. The van der Waals surface area contributed by atoms with E-state index in [4.69, 9.17) is 4.74 Å². The highest BCUT2D eigenvalue weighted by molar-refractivity contribution is 5.97. The van der Waals surface area contributed by atoms with Gasteiger partial charge in [0.25, 0.3) is 0 Å². The van der Waals surface area contributed by atoms with Gasteiger partial charge in [-0.2, -0.15) is 0 Å². The molecule has 0 radical (unpaired) electrons. The van der Waals surface area contributed by atoms with E-state index in [0.717, 1.165) is 5.56 Å². The second-order valence-corrected chi connectivity index (χ2v) is 7.08. The molecule has 2 atom stereocenters. The molecule has 9 nitrogen and oxygen atoms in total. The van der Waals surface area contributed by atoms with Gasteiger partial charge >= 0.3 is 11.8 Å². The lowest BCUT2D eigenvalue weighted by Gasteiger charge is -2.23. The molecule has 2 aromatic carbocycles. The summed E-state index contributed by atoms with van der Waals surface area (Å²) in [6.07, 6.45) is 0.00954. The van der Waals surface area contributed by atoms with Crippen LogP contribution in [-0.2, 0) is 16.1 Å². The van der Waals surface area contributed by atoms with Crippen LogP contribution >= 0.6 is 0 Å². The van der Waals surface area contributed by atoms with Crippen molar-refractivity contribution in [1.82, 2.24) is 15.5 Å². The van der Waals surface area contributed by atoms with E-state index in [2.05, 4.69) is 25.3 Å². The maximum Gasteiger partial charge on any atom is 0.439 e. The Morgan fingerprint density at radius 3 is 2.61 bits per heavy atom. The molecule has 0 aliphatic carbocycles. The van der Waals surface area contributed by atoms with Gasteiger partial charge in [0.15, 0.2) is 5.82 Å². The summed E-state index contributed by atoms with van der Waals surface area (Å²) in [5, 5.41) is 9.09. The normalized spacial score (nSPS) is 12.6. The smallest absolute Gasteiger partial charge is 0.439 e. The third-order valence-corrected chi connectivity index (χ3v) is 4.83. The molecule has 0 fully saturated rings. The average molecular weight is 424 g/mol. The van der Waals surface area contributed by atoms with Crippen molar-refractivity contribution in [3.05, 3.63) is 70.7 Å². The standard InChI is InChI=1S/C22H24N4O5/c1-3-14(2)18(24-21(28)30-13-15-8-5-4-6-9-15)20(27)23-17-11-7-10-16(12-17)19-25-22(29)31-26-19/h4-12,14,18H,3,13H2,1-2H3,(H,23,27)(H,24,28)(H,25,26,29)/t14-,18-/m0/s1. The first kappa shape index (κ1) is 21.8. The second-order valence-electron chi connectivity index (χ2n) is 7.08. The van der Waals surface area contributed by atoms with Crippen molar-refractivity contribution in [2.75, 3.05) is 5.32 Å². The summed E-state index contributed by atoms with van der Waals surface area (Å²) in [7, 11) is 0. The van der Waals surface area contributed by atoms with Crippen LogP contribution in [0.2, 0.25) is 0 Å². The van der Waals surface area contributed by atoms with Crippen LogP contribution in [0.25, 0.3) is 11.4 Å². The van der Waals surface area contributed by atoms with Crippen molar-refractivity contribution in [3.8, 4) is 11.4 Å². The Morgan fingerprint density at radius 2 is 1.94 bits per heavy atom. The number of hydrogen-bond acceptors (Lipinski definition) is 6. The molecule has 0 spiro atoms. The number of carbonyl (C=O) groups is 2.